The van der Waals surface area contributed by atoms with Crippen LogP contribution in [-0.2, 0) is 0 Å². The zero-order valence-corrected chi connectivity index (χ0v) is 9.67. The normalized spacial score (nSPS) is 11.1. The summed E-state index contributed by atoms with van der Waals surface area (Å²) in [4.78, 5) is 7.31. The number of fused-ring (bicyclic) bond motifs is 1. The Morgan fingerprint density at radius 1 is 1.00 bits per heavy atom. The monoisotopic (exact) mass is 244 g/mol. The Hall–Kier alpha value is -2.23. The Morgan fingerprint density at radius 3 is 2.61 bits per heavy atom. The highest BCUT2D eigenvalue weighted by Crippen LogP contribution is 2.22. The third-order valence-corrected chi connectivity index (χ3v) is 2.76. The van der Waals surface area contributed by atoms with Gasteiger partial charge in [0.05, 0.1) is 11.0 Å². The van der Waals surface area contributed by atoms with E-state index in [1.54, 1.807) is 6.07 Å². The largest absolute Gasteiger partial charge is 0.338 e. The highest BCUT2D eigenvalue weighted by molar-refractivity contribution is 5.79. The lowest BCUT2D eigenvalue weighted by Gasteiger charge is -1.99. The number of aromatic nitrogens is 2. The Bertz CT molecular complexity index is 711. The Morgan fingerprint density at radius 2 is 1.83 bits per heavy atom. The number of halogens is 2. The molecule has 0 radical (unpaired) electrons. The zero-order chi connectivity index (χ0) is 12.7. The fourth-order valence-electron chi connectivity index (χ4n) is 1.99. The van der Waals surface area contributed by atoms with Crippen LogP contribution in [0.15, 0.2) is 36.4 Å². The van der Waals surface area contributed by atoms with E-state index in [1.165, 1.54) is 24.3 Å². The maximum Gasteiger partial charge on any atom is 0.138 e. The van der Waals surface area contributed by atoms with Crippen LogP contribution in [0.25, 0.3) is 22.4 Å². The number of H-pyrrole nitrogens is 1. The van der Waals surface area contributed by atoms with Gasteiger partial charge in [0.15, 0.2) is 0 Å². The van der Waals surface area contributed by atoms with Crippen LogP contribution in [0.3, 0.4) is 0 Å². The van der Waals surface area contributed by atoms with Gasteiger partial charge in [0.2, 0.25) is 0 Å². The molecule has 0 saturated carbocycles. The first kappa shape index (κ1) is 10.9. The summed E-state index contributed by atoms with van der Waals surface area (Å²) in [7, 11) is 0. The molecule has 90 valence electrons. The summed E-state index contributed by atoms with van der Waals surface area (Å²) in [5.41, 5.74) is 2.74. The summed E-state index contributed by atoms with van der Waals surface area (Å²) in [6, 6.07) is 9.00. The molecule has 0 fully saturated rings. The quantitative estimate of drug-likeness (QED) is 0.692. The molecule has 0 unspecified atom stereocenters. The molecule has 3 aromatic rings. The molecule has 3 rings (SSSR count). The third-order valence-electron chi connectivity index (χ3n) is 2.76. The summed E-state index contributed by atoms with van der Waals surface area (Å²) in [5.74, 6) is -0.0945. The molecule has 0 amide bonds. The van der Waals surface area contributed by atoms with Crippen molar-refractivity contribution in [2.75, 3.05) is 0 Å². The maximum absolute atomic E-state index is 13.3. The number of nitrogens with one attached hydrogen (secondary N) is 1. The second-order valence-corrected chi connectivity index (χ2v) is 4.26. The topological polar surface area (TPSA) is 28.7 Å². The number of imidazole rings is 1. The average Bonchev–Trinajstić information content (AvgIpc) is 2.70. The van der Waals surface area contributed by atoms with Crippen LogP contribution in [0.1, 0.15) is 5.56 Å². The highest BCUT2D eigenvalue weighted by atomic mass is 19.1. The predicted octanol–water partition coefficient (Wildman–Crippen LogP) is 3.82. The van der Waals surface area contributed by atoms with Crippen LogP contribution < -0.4 is 0 Å². The number of aryl methyl sites for hydroxylation is 1. The summed E-state index contributed by atoms with van der Waals surface area (Å²) in [6.45, 7) is 1.81. The molecule has 2 nitrogen and oxygen atoms in total. The van der Waals surface area contributed by atoms with E-state index in [2.05, 4.69) is 9.97 Å². The van der Waals surface area contributed by atoms with Gasteiger partial charge in [-0.1, -0.05) is 0 Å². The van der Waals surface area contributed by atoms with Crippen LogP contribution in [0, 0.1) is 18.6 Å². The van der Waals surface area contributed by atoms with Crippen LogP contribution in [0.5, 0.6) is 0 Å². The molecule has 0 saturated heterocycles. The van der Waals surface area contributed by atoms with Crippen molar-refractivity contribution in [1.29, 1.82) is 0 Å². The number of benzene rings is 2. The SMILES string of the molecule is Cc1cc(F)cc(-c2nc3ccc(F)cc3[nH]2)c1. The molecule has 1 aromatic heterocycles. The zero-order valence-electron chi connectivity index (χ0n) is 9.67. The summed E-state index contributed by atoms with van der Waals surface area (Å²) < 4.78 is 26.4. The molecular formula is C14H10F2N2. The van der Waals surface area contributed by atoms with Gasteiger partial charge in [-0.3, -0.25) is 0 Å². The molecule has 0 aliphatic rings. The first-order valence-corrected chi connectivity index (χ1v) is 5.55. The van der Waals surface area contributed by atoms with Crippen molar-refractivity contribution in [1.82, 2.24) is 9.97 Å². The van der Waals surface area contributed by atoms with Gasteiger partial charge in [-0.2, -0.15) is 0 Å². The van der Waals surface area contributed by atoms with Crippen LogP contribution in [0.2, 0.25) is 0 Å². The standard InChI is InChI=1S/C14H10F2N2/c1-8-4-9(6-11(16)5-8)14-17-12-3-2-10(15)7-13(12)18-14/h2-7H,1H3,(H,17,18). The minimum absolute atomic E-state index is 0.309. The molecule has 18 heavy (non-hydrogen) atoms. The molecule has 0 aliphatic heterocycles. The minimum atomic E-state index is -0.326. The van der Waals surface area contributed by atoms with Crippen molar-refractivity contribution >= 4 is 11.0 Å². The van der Waals surface area contributed by atoms with E-state index in [9.17, 15) is 8.78 Å². The van der Waals surface area contributed by atoms with Crippen molar-refractivity contribution in [3.8, 4) is 11.4 Å². The third kappa shape index (κ3) is 1.86. The van der Waals surface area contributed by atoms with E-state index in [0.717, 1.165) is 5.56 Å². The first-order chi connectivity index (χ1) is 8.61. The van der Waals surface area contributed by atoms with Gasteiger partial charge in [0, 0.05) is 5.56 Å². The van der Waals surface area contributed by atoms with Crippen LogP contribution in [0.4, 0.5) is 8.78 Å². The summed E-state index contributed by atoms with van der Waals surface area (Å²) in [5, 5.41) is 0. The molecule has 0 atom stereocenters. The smallest absolute Gasteiger partial charge is 0.138 e. The molecule has 4 heteroatoms. The van der Waals surface area contributed by atoms with Gasteiger partial charge in [0.1, 0.15) is 17.5 Å². The fourth-order valence-corrected chi connectivity index (χ4v) is 1.99. The minimum Gasteiger partial charge on any atom is -0.338 e. The van der Waals surface area contributed by atoms with Crippen molar-refractivity contribution in [3.05, 3.63) is 53.6 Å². The molecule has 1 heterocycles. The number of rotatable bonds is 1. The van der Waals surface area contributed by atoms with E-state index < -0.39 is 0 Å². The lowest BCUT2D eigenvalue weighted by Crippen LogP contribution is -1.84. The van der Waals surface area contributed by atoms with Crippen LogP contribution >= 0.6 is 0 Å². The van der Waals surface area contributed by atoms with E-state index in [1.807, 2.05) is 13.0 Å². The highest BCUT2D eigenvalue weighted by Gasteiger charge is 2.07. The van der Waals surface area contributed by atoms with E-state index >= 15 is 0 Å². The van der Waals surface area contributed by atoms with Gasteiger partial charge in [-0.15, -0.1) is 0 Å². The molecule has 0 spiro atoms. The fraction of sp³-hybridized carbons (Fsp3) is 0.0714. The number of aromatic amines is 1. The average molecular weight is 244 g/mol. The van der Waals surface area contributed by atoms with Crippen LogP contribution in [-0.4, -0.2) is 9.97 Å². The summed E-state index contributed by atoms with van der Waals surface area (Å²) >= 11 is 0. The second-order valence-electron chi connectivity index (χ2n) is 4.26. The predicted molar refractivity (Wildman–Crippen MR) is 66.2 cm³/mol. The lowest BCUT2D eigenvalue weighted by molar-refractivity contribution is 0.627. The Kier molecular flexibility index (Phi) is 2.37. The molecule has 1 N–H and O–H groups in total. The lowest BCUT2D eigenvalue weighted by atomic mass is 10.1. The van der Waals surface area contributed by atoms with Crippen molar-refractivity contribution in [2.45, 2.75) is 6.92 Å². The molecule has 2 aromatic carbocycles. The number of hydrogen-bond acceptors (Lipinski definition) is 1. The molecule has 0 bridgehead atoms. The summed E-state index contributed by atoms with van der Waals surface area (Å²) in [6.07, 6.45) is 0. The Labute approximate surface area is 102 Å². The van der Waals surface area contributed by atoms with Gasteiger partial charge in [-0.05, 0) is 48.9 Å². The van der Waals surface area contributed by atoms with E-state index in [4.69, 9.17) is 0 Å². The number of hydrogen-bond donors (Lipinski definition) is 1. The maximum atomic E-state index is 13.3. The Balaban J connectivity index is 2.19. The van der Waals surface area contributed by atoms with Gasteiger partial charge < -0.3 is 4.98 Å². The van der Waals surface area contributed by atoms with Crippen molar-refractivity contribution in [3.63, 3.8) is 0 Å². The van der Waals surface area contributed by atoms with Gasteiger partial charge >= 0.3 is 0 Å². The van der Waals surface area contributed by atoms with Crippen molar-refractivity contribution < 1.29 is 8.78 Å². The molecular weight excluding hydrogens is 234 g/mol. The second kappa shape index (κ2) is 3.91. The van der Waals surface area contributed by atoms with Gasteiger partial charge in [-0.25, -0.2) is 13.8 Å². The van der Waals surface area contributed by atoms with E-state index in [-0.39, 0.29) is 11.6 Å². The number of nitrogens with zero attached hydrogens (tertiary/aromatic N) is 1. The van der Waals surface area contributed by atoms with Crippen molar-refractivity contribution in [2.24, 2.45) is 0 Å². The molecule has 0 aliphatic carbocycles. The van der Waals surface area contributed by atoms with E-state index in [0.29, 0.717) is 22.4 Å². The van der Waals surface area contributed by atoms with Gasteiger partial charge in [0.25, 0.3) is 0 Å². The first-order valence-electron chi connectivity index (χ1n) is 5.55.